The van der Waals surface area contributed by atoms with Crippen molar-refractivity contribution in [3.05, 3.63) is 34.7 Å². The number of hydrogen-bond acceptors (Lipinski definition) is 1. The average molecular weight is 220 g/mol. The first-order chi connectivity index (χ1) is 6.59. The number of rotatable bonds is 1. The van der Waals surface area contributed by atoms with Gasteiger partial charge in [-0.05, 0) is 18.2 Å². The van der Waals surface area contributed by atoms with E-state index in [4.69, 9.17) is 0 Å². The molecule has 14 heavy (non-hydrogen) atoms. The van der Waals surface area contributed by atoms with Gasteiger partial charge in [0.05, 0.1) is 5.56 Å². The van der Waals surface area contributed by atoms with Crippen molar-refractivity contribution in [1.82, 2.24) is 0 Å². The van der Waals surface area contributed by atoms with Gasteiger partial charge in [0, 0.05) is 10.1 Å². The van der Waals surface area contributed by atoms with Gasteiger partial charge in [0.1, 0.15) is 5.82 Å². The van der Waals surface area contributed by atoms with Crippen LogP contribution in [0.3, 0.4) is 0 Å². The van der Waals surface area contributed by atoms with Gasteiger partial charge in [-0.25, -0.2) is 13.2 Å². The van der Waals surface area contributed by atoms with Gasteiger partial charge in [-0.1, -0.05) is 0 Å². The molecule has 0 aliphatic heterocycles. The second-order valence-electron chi connectivity index (χ2n) is 2.73. The van der Waals surface area contributed by atoms with Crippen LogP contribution in [-0.2, 0) is 0 Å². The Morgan fingerprint density at radius 1 is 1.14 bits per heavy atom. The smallest absolute Gasteiger partial charge is 0.207 e. The molecule has 0 bridgehead atoms. The van der Waals surface area contributed by atoms with Crippen LogP contribution in [0.5, 0.6) is 0 Å². The minimum absolute atomic E-state index is 0.0394. The minimum atomic E-state index is -2.91. The van der Waals surface area contributed by atoms with Gasteiger partial charge in [-0.3, -0.25) is 0 Å². The van der Waals surface area contributed by atoms with Crippen LogP contribution in [0.4, 0.5) is 17.6 Å². The third-order valence-electron chi connectivity index (χ3n) is 1.86. The molecule has 0 aliphatic carbocycles. The first kappa shape index (κ1) is 9.45. The van der Waals surface area contributed by atoms with Crippen LogP contribution in [0.1, 0.15) is 12.0 Å². The summed E-state index contributed by atoms with van der Waals surface area (Å²) in [4.78, 5) is 0. The third-order valence-corrected chi connectivity index (χ3v) is 2.84. The molecule has 0 nitrogen and oxygen atoms in total. The zero-order valence-electron chi connectivity index (χ0n) is 6.73. The van der Waals surface area contributed by atoms with Crippen molar-refractivity contribution < 1.29 is 17.6 Å². The Bertz CT molecular complexity index is 475. The molecule has 0 N–H and O–H groups in total. The number of thiophene rings is 1. The highest BCUT2D eigenvalue weighted by Crippen LogP contribution is 2.36. The van der Waals surface area contributed by atoms with E-state index in [1.165, 1.54) is 6.07 Å². The SMILES string of the molecule is Fc1ccc2sc(F)c(C(F)F)c2c1. The van der Waals surface area contributed by atoms with E-state index in [0.717, 1.165) is 12.1 Å². The Balaban J connectivity index is 2.79. The van der Waals surface area contributed by atoms with Crippen LogP contribution < -0.4 is 0 Å². The van der Waals surface area contributed by atoms with Crippen LogP contribution in [0, 0.1) is 10.9 Å². The molecule has 0 aliphatic rings. The summed E-state index contributed by atoms with van der Waals surface area (Å²) in [5.74, 6) is -0.641. The standard InChI is InChI=1S/C9H4F4S/c10-4-1-2-6-5(3-4)7(8(11)12)9(13)14-6/h1-3,8H. The minimum Gasteiger partial charge on any atom is -0.207 e. The van der Waals surface area contributed by atoms with Crippen LogP contribution in [0.15, 0.2) is 18.2 Å². The van der Waals surface area contributed by atoms with E-state index in [-0.39, 0.29) is 5.39 Å². The topological polar surface area (TPSA) is 0 Å². The van der Waals surface area contributed by atoms with Crippen LogP contribution in [0.2, 0.25) is 0 Å². The first-order valence-electron chi connectivity index (χ1n) is 3.75. The van der Waals surface area contributed by atoms with Crippen molar-refractivity contribution >= 4 is 21.4 Å². The van der Waals surface area contributed by atoms with E-state index in [1.54, 1.807) is 0 Å². The summed E-state index contributed by atoms with van der Waals surface area (Å²) in [5.41, 5.74) is -0.704. The highest BCUT2D eigenvalue weighted by molar-refractivity contribution is 7.17. The van der Waals surface area contributed by atoms with Gasteiger partial charge in [0.2, 0.25) is 0 Å². The molecular formula is C9H4F4S. The van der Waals surface area contributed by atoms with Gasteiger partial charge in [0.15, 0.2) is 5.13 Å². The van der Waals surface area contributed by atoms with Crippen LogP contribution in [-0.4, -0.2) is 0 Å². The summed E-state index contributed by atoms with van der Waals surface area (Å²) in [5, 5.41) is -0.983. The maximum atomic E-state index is 13.0. The molecule has 0 amide bonds. The van der Waals surface area contributed by atoms with Crippen LogP contribution >= 0.6 is 11.3 Å². The normalized spacial score (nSPS) is 11.5. The van der Waals surface area contributed by atoms with Gasteiger partial charge in [-0.2, -0.15) is 4.39 Å². The van der Waals surface area contributed by atoms with E-state index in [9.17, 15) is 17.6 Å². The predicted molar refractivity (Wildman–Crippen MR) is 46.7 cm³/mol. The maximum absolute atomic E-state index is 13.0. The molecule has 5 heteroatoms. The maximum Gasteiger partial charge on any atom is 0.268 e. The van der Waals surface area contributed by atoms with Gasteiger partial charge in [0.25, 0.3) is 6.43 Å². The quantitative estimate of drug-likeness (QED) is 0.634. The van der Waals surface area contributed by atoms with Crippen molar-refractivity contribution in [3.63, 3.8) is 0 Å². The molecule has 0 saturated carbocycles. The lowest BCUT2D eigenvalue weighted by Gasteiger charge is -1.96. The Labute approximate surface area is 80.8 Å². The molecule has 1 heterocycles. The Hall–Kier alpha value is -1.10. The highest BCUT2D eigenvalue weighted by atomic mass is 32.1. The van der Waals surface area contributed by atoms with E-state index in [1.807, 2.05) is 0 Å². The molecule has 74 valence electrons. The van der Waals surface area contributed by atoms with Crippen molar-refractivity contribution in [1.29, 1.82) is 0 Å². The number of fused-ring (bicyclic) bond motifs is 1. The summed E-state index contributed by atoms with van der Waals surface area (Å²) in [7, 11) is 0. The molecule has 1 aromatic heterocycles. The second-order valence-corrected chi connectivity index (χ2v) is 3.73. The molecule has 0 fully saturated rings. The molecular weight excluding hydrogens is 216 g/mol. The van der Waals surface area contributed by atoms with Crippen molar-refractivity contribution in [2.45, 2.75) is 6.43 Å². The lowest BCUT2D eigenvalue weighted by molar-refractivity contribution is 0.149. The Kier molecular flexibility index (Phi) is 2.19. The number of halogens is 4. The zero-order chi connectivity index (χ0) is 10.3. The fourth-order valence-electron chi connectivity index (χ4n) is 1.26. The van der Waals surface area contributed by atoms with Crippen LogP contribution in [0.25, 0.3) is 10.1 Å². The van der Waals surface area contributed by atoms with Crippen molar-refractivity contribution in [2.75, 3.05) is 0 Å². The molecule has 0 unspecified atom stereocenters. The molecule has 0 radical (unpaired) electrons. The van der Waals surface area contributed by atoms with Gasteiger partial charge in [-0.15, -0.1) is 11.3 Å². The zero-order valence-corrected chi connectivity index (χ0v) is 7.55. The number of hydrogen-bond donors (Lipinski definition) is 0. The Morgan fingerprint density at radius 2 is 1.86 bits per heavy atom. The molecule has 2 rings (SSSR count). The molecule has 0 saturated heterocycles. The van der Waals surface area contributed by atoms with Crippen molar-refractivity contribution in [3.8, 4) is 0 Å². The predicted octanol–water partition coefficient (Wildman–Crippen LogP) is 4.12. The molecule has 1 aromatic carbocycles. The third kappa shape index (κ3) is 1.37. The lowest BCUT2D eigenvalue weighted by Crippen LogP contribution is -1.85. The fourth-order valence-corrected chi connectivity index (χ4v) is 2.18. The monoisotopic (exact) mass is 220 g/mol. The molecule has 0 spiro atoms. The van der Waals surface area contributed by atoms with E-state index >= 15 is 0 Å². The fraction of sp³-hybridized carbons (Fsp3) is 0.111. The first-order valence-corrected chi connectivity index (χ1v) is 4.57. The summed E-state index contributed by atoms with van der Waals surface area (Å²) in [6.45, 7) is 0. The summed E-state index contributed by atoms with van der Waals surface area (Å²) < 4.78 is 50.8. The molecule has 2 aromatic rings. The number of benzene rings is 1. The van der Waals surface area contributed by atoms with Gasteiger partial charge < -0.3 is 0 Å². The van der Waals surface area contributed by atoms with Crippen molar-refractivity contribution in [2.24, 2.45) is 0 Å². The Morgan fingerprint density at radius 3 is 2.50 bits per heavy atom. The summed E-state index contributed by atoms with van der Waals surface area (Å²) in [6, 6.07) is 3.34. The highest BCUT2D eigenvalue weighted by Gasteiger charge is 2.20. The molecule has 0 atom stereocenters. The average Bonchev–Trinajstić information content (AvgIpc) is 2.40. The second kappa shape index (κ2) is 3.24. The van der Waals surface area contributed by atoms with E-state index in [2.05, 4.69) is 0 Å². The largest absolute Gasteiger partial charge is 0.268 e. The summed E-state index contributed by atoms with van der Waals surface area (Å²) in [6.07, 6.45) is -2.91. The van der Waals surface area contributed by atoms with E-state index < -0.39 is 22.9 Å². The van der Waals surface area contributed by atoms with E-state index in [0.29, 0.717) is 16.0 Å². The lowest BCUT2D eigenvalue weighted by atomic mass is 10.2. The summed E-state index contributed by atoms with van der Waals surface area (Å²) >= 11 is 0.602. The van der Waals surface area contributed by atoms with Gasteiger partial charge >= 0.3 is 0 Å². The number of alkyl halides is 2.